The van der Waals surface area contributed by atoms with Gasteiger partial charge in [0.25, 0.3) is 0 Å². The second-order valence-electron chi connectivity index (χ2n) is 6.36. The predicted molar refractivity (Wildman–Crippen MR) is 92.4 cm³/mol. The maximum atomic E-state index is 12.0. The summed E-state index contributed by atoms with van der Waals surface area (Å²) in [7, 11) is 0. The summed E-state index contributed by atoms with van der Waals surface area (Å²) >= 11 is -2.02. The molecule has 2 aliphatic rings. The van der Waals surface area contributed by atoms with Gasteiger partial charge in [-0.05, 0) is 54.0 Å². The molecule has 8 heteroatoms. The van der Waals surface area contributed by atoms with Crippen molar-refractivity contribution in [2.45, 2.75) is 51.0 Å². The molecule has 0 aliphatic carbocycles. The van der Waals surface area contributed by atoms with Crippen LogP contribution < -0.4 is 0 Å². The lowest BCUT2D eigenvalue weighted by Crippen LogP contribution is -2.28. The van der Waals surface area contributed by atoms with E-state index in [1.54, 1.807) is 0 Å². The van der Waals surface area contributed by atoms with Gasteiger partial charge in [-0.25, -0.2) is 0 Å². The molecule has 0 saturated carbocycles. The summed E-state index contributed by atoms with van der Waals surface area (Å²) in [6.45, 7) is 0.464. The van der Waals surface area contributed by atoms with Gasteiger partial charge in [0.2, 0.25) is 0 Å². The van der Waals surface area contributed by atoms with E-state index in [4.69, 9.17) is 9.47 Å². The first-order valence-electron chi connectivity index (χ1n) is 8.58. The zero-order chi connectivity index (χ0) is 17.4. The fourth-order valence-corrected chi connectivity index (χ4v) is 5.93. The van der Waals surface area contributed by atoms with Gasteiger partial charge in [0.1, 0.15) is 29.1 Å². The van der Waals surface area contributed by atoms with E-state index < -0.39 is 22.4 Å². The van der Waals surface area contributed by atoms with Crippen LogP contribution in [0.4, 0.5) is 0 Å². The molecule has 0 amide bonds. The fraction of sp³-hybridized carbons (Fsp3) is 0.875. The zero-order valence-corrected chi connectivity index (χ0v) is 15.5. The van der Waals surface area contributed by atoms with Crippen LogP contribution in [0.3, 0.4) is 0 Å². The Morgan fingerprint density at radius 1 is 0.958 bits per heavy atom. The first-order chi connectivity index (χ1) is 11.5. The number of hydrogen-bond acceptors (Lipinski definition) is 6. The third-order valence-electron chi connectivity index (χ3n) is 4.41. The number of rotatable bonds is 9. The fourth-order valence-electron chi connectivity index (χ4n) is 2.91. The van der Waals surface area contributed by atoms with Crippen LogP contribution in [0.1, 0.15) is 44.9 Å². The van der Waals surface area contributed by atoms with Crippen LogP contribution in [0, 0.1) is 5.92 Å². The summed E-state index contributed by atoms with van der Waals surface area (Å²) in [6, 6.07) is 0. The van der Waals surface area contributed by atoms with E-state index in [1.807, 2.05) is 0 Å². The Labute approximate surface area is 149 Å². The molecular weight excluding hydrogens is 352 g/mol. The monoisotopic (exact) mass is 378 g/mol. The Morgan fingerprint density at radius 2 is 1.67 bits per heavy atom. The molecule has 24 heavy (non-hydrogen) atoms. The van der Waals surface area contributed by atoms with E-state index in [1.165, 1.54) is 0 Å². The Kier molecular flexibility index (Phi) is 8.72. The molecule has 2 aliphatic heterocycles. The van der Waals surface area contributed by atoms with Crippen molar-refractivity contribution in [1.82, 2.24) is 0 Å². The van der Waals surface area contributed by atoms with Crippen LogP contribution in [-0.2, 0) is 41.4 Å². The number of ether oxygens (including phenoxy) is 2. The molecule has 2 saturated heterocycles. The van der Waals surface area contributed by atoms with Crippen LogP contribution >= 0.6 is 0 Å². The van der Waals surface area contributed by atoms with Gasteiger partial charge in [0.05, 0.1) is 6.61 Å². The van der Waals surface area contributed by atoms with Gasteiger partial charge in [-0.2, -0.15) is 0 Å². The number of hydrogen-bond donors (Lipinski definition) is 0. The van der Waals surface area contributed by atoms with Gasteiger partial charge in [-0.15, -0.1) is 0 Å². The van der Waals surface area contributed by atoms with E-state index in [0.29, 0.717) is 48.9 Å². The first kappa shape index (κ1) is 19.9. The molecule has 0 aromatic carbocycles. The minimum absolute atomic E-state index is 0.105. The normalized spacial score (nSPS) is 27.2. The minimum atomic E-state index is -1.03. The van der Waals surface area contributed by atoms with Crippen molar-refractivity contribution in [2.75, 3.05) is 29.6 Å². The van der Waals surface area contributed by atoms with E-state index in [0.717, 1.165) is 25.7 Å². The molecule has 0 radical (unpaired) electrons. The lowest BCUT2D eigenvalue weighted by molar-refractivity contribution is -0.153. The molecule has 0 aromatic heterocycles. The Hall–Kier alpha value is -0.440. The summed E-state index contributed by atoms with van der Waals surface area (Å²) in [5, 5.41) is 0. The highest BCUT2D eigenvalue weighted by Gasteiger charge is 2.24. The molecule has 4 unspecified atom stereocenters. The van der Waals surface area contributed by atoms with E-state index in [2.05, 4.69) is 0 Å². The van der Waals surface area contributed by atoms with E-state index in [-0.39, 0.29) is 24.0 Å². The molecule has 0 N–H and O–H groups in total. The molecule has 2 heterocycles. The standard InChI is InChI=1S/C16H26O6S2/c17-15-3-1-2-14(22-15)6-9-24(20)11-10-23(19)8-5-13-4-7-21-16(18)12-13/h13-14H,1-12H2. The Bertz CT molecular complexity index is 381. The molecular formula is C16H26O6S2. The van der Waals surface area contributed by atoms with Gasteiger partial charge in [0.15, 0.2) is 0 Å². The van der Waals surface area contributed by atoms with Crippen molar-refractivity contribution in [2.24, 2.45) is 5.92 Å². The number of esters is 2. The molecule has 2 rings (SSSR count). The Balaban J connectivity index is 1.53. The number of carbonyl (C=O) groups excluding carboxylic acids is 2. The summed E-state index contributed by atoms with van der Waals surface area (Å²) < 4.78 is 34.1. The second-order valence-corrected chi connectivity index (χ2v) is 9.75. The first-order valence-corrected chi connectivity index (χ1v) is 11.6. The predicted octanol–water partition coefficient (Wildman–Crippen LogP) is 1.31. The van der Waals surface area contributed by atoms with Crippen molar-refractivity contribution in [1.29, 1.82) is 0 Å². The van der Waals surface area contributed by atoms with Crippen molar-refractivity contribution in [3.05, 3.63) is 0 Å². The van der Waals surface area contributed by atoms with Crippen molar-refractivity contribution in [3.8, 4) is 0 Å². The molecule has 0 spiro atoms. The summed E-state index contributed by atoms with van der Waals surface area (Å²) in [6.07, 6.45) is 4.71. The van der Waals surface area contributed by atoms with Crippen molar-refractivity contribution >= 4 is 34.3 Å². The highest BCUT2D eigenvalue weighted by atomic mass is 32.2. The lowest BCUT2D eigenvalue weighted by atomic mass is 9.97. The van der Waals surface area contributed by atoms with E-state index >= 15 is 0 Å². The molecule has 2 fully saturated rings. The number of carbonyl (C=O) groups is 2. The van der Waals surface area contributed by atoms with Gasteiger partial charge >= 0.3 is 11.9 Å². The van der Waals surface area contributed by atoms with Gasteiger partial charge in [-0.1, -0.05) is 0 Å². The third-order valence-corrected chi connectivity index (χ3v) is 7.37. The number of cyclic esters (lactones) is 2. The lowest BCUT2D eigenvalue weighted by Gasteiger charge is -2.23. The maximum absolute atomic E-state index is 12.0. The largest absolute Gasteiger partial charge is 0.616 e. The third kappa shape index (κ3) is 7.63. The smallest absolute Gasteiger partial charge is 0.306 e. The molecule has 6 nitrogen and oxygen atoms in total. The summed E-state index contributed by atoms with van der Waals surface area (Å²) in [5.41, 5.74) is 0. The van der Waals surface area contributed by atoms with E-state index in [9.17, 15) is 18.7 Å². The van der Waals surface area contributed by atoms with Crippen molar-refractivity contribution in [3.63, 3.8) is 0 Å². The average molecular weight is 379 g/mol. The molecule has 4 atom stereocenters. The molecule has 0 bridgehead atoms. The highest BCUT2D eigenvalue weighted by Crippen LogP contribution is 2.20. The minimum Gasteiger partial charge on any atom is -0.616 e. The average Bonchev–Trinajstić information content (AvgIpc) is 2.56. The Morgan fingerprint density at radius 3 is 2.33 bits per heavy atom. The van der Waals surface area contributed by atoms with Gasteiger partial charge < -0.3 is 18.6 Å². The van der Waals surface area contributed by atoms with Gasteiger partial charge in [0, 0.05) is 19.3 Å². The second kappa shape index (κ2) is 10.5. The molecule has 0 aromatic rings. The zero-order valence-electron chi connectivity index (χ0n) is 13.9. The molecule has 138 valence electrons. The van der Waals surface area contributed by atoms with Crippen LogP contribution in [0.25, 0.3) is 0 Å². The SMILES string of the molecule is O=C1CC(CC[S+]([O-])CC[S+]([O-])CCC2CCCC(=O)O2)CCO1. The summed E-state index contributed by atoms with van der Waals surface area (Å²) in [5.74, 6) is 1.82. The summed E-state index contributed by atoms with van der Waals surface area (Å²) in [4.78, 5) is 22.4. The highest BCUT2D eigenvalue weighted by molar-refractivity contribution is 7.95. The van der Waals surface area contributed by atoms with Crippen molar-refractivity contribution < 1.29 is 28.2 Å². The maximum Gasteiger partial charge on any atom is 0.306 e. The van der Waals surface area contributed by atoms with Crippen LogP contribution in [0.5, 0.6) is 0 Å². The van der Waals surface area contributed by atoms with Crippen LogP contribution in [-0.4, -0.2) is 56.8 Å². The van der Waals surface area contributed by atoms with Crippen LogP contribution in [0.15, 0.2) is 0 Å². The van der Waals surface area contributed by atoms with Crippen LogP contribution in [0.2, 0.25) is 0 Å². The van der Waals surface area contributed by atoms with Gasteiger partial charge in [-0.3, -0.25) is 9.59 Å². The quantitative estimate of drug-likeness (QED) is 0.443. The topological polar surface area (TPSA) is 98.7 Å².